The summed E-state index contributed by atoms with van der Waals surface area (Å²) in [5, 5.41) is 4.64. The molecule has 0 spiro atoms. The van der Waals surface area contributed by atoms with Gasteiger partial charge in [0, 0.05) is 25.3 Å². The van der Waals surface area contributed by atoms with Crippen molar-refractivity contribution in [1.82, 2.24) is 9.78 Å². The average Bonchev–Trinajstić information content (AvgIpc) is 2.90. The molecule has 0 amide bonds. The zero-order valence-corrected chi connectivity index (χ0v) is 13.7. The molecule has 0 saturated carbocycles. The molecule has 21 heavy (non-hydrogen) atoms. The summed E-state index contributed by atoms with van der Waals surface area (Å²) in [6.07, 6.45) is 1.71. The number of ether oxygens (including phenoxy) is 2. The quantitative estimate of drug-likeness (QED) is 0.793. The van der Waals surface area contributed by atoms with Crippen LogP contribution in [0.4, 0.5) is 0 Å². The standard InChI is InChI=1S/C16H20N2O2S/c1-5-18-15(8-9-17-18)20-16(21)13-7-6-11(2)14(10-19-4)12(13)3/h6-9H,5,10H2,1-4H3. The van der Waals surface area contributed by atoms with Crippen molar-refractivity contribution in [2.75, 3.05) is 7.11 Å². The van der Waals surface area contributed by atoms with Crippen LogP contribution in [0.25, 0.3) is 0 Å². The van der Waals surface area contributed by atoms with Gasteiger partial charge in [-0.2, -0.15) is 5.10 Å². The minimum Gasteiger partial charge on any atom is -0.427 e. The van der Waals surface area contributed by atoms with Gasteiger partial charge in [-0.1, -0.05) is 6.07 Å². The number of aromatic nitrogens is 2. The van der Waals surface area contributed by atoms with Crippen molar-refractivity contribution in [1.29, 1.82) is 0 Å². The van der Waals surface area contributed by atoms with E-state index in [1.54, 1.807) is 18.0 Å². The molecule has 2 aromatic rings. The number of aryl methyl sites for hydroxylation is 2. The van der Waals surface area contributed by atoms with Crippen molar-refractivity contribution in [3.63, 3.8) is 0 Å². The normalized spacial score (nSPS) is 10.7. The molecule has 0 unspecified atom stereocenters. The van der Waals surface area contributed by atoms with Gasteiger partial charge in [-0.25, -0.2) is 4.68 Å². The lowest BCUT2D eigenvalue weighted by Gasteiger charge is -2.15. The molecule has 1 heterocycles. The Balaban J connectivity index is 2.29. The van der Waals surface area contributed by atoms with E-state index in [-0.39, 0.29) is 0 Å². The molecule has 0 N–H and O–H groups in total. The third kappa shape index (κ3) is 3.31. The fourth-order valence-electron chi connectivity index (χ4n) is 2.27. The fourth-order valence-corrected chi connectivity index (χ4v) is 2.58. The molecule has 0 aliphatic heterocycles. The van der Waals surface area contributed by atoms with Crippen LogP contribution in [0, 0.1) is 13.8 Å². The number of methoxy groups -OCH3 is 1. The Morgan fingerprint density at radius 1 is 1.29 bits per heavy atom. The molecule has 4 nitrogen and oxygen atoms in total. The molecule has 5 heteroatoms. The number of nitrogens with zero attached hydrogens (tertiary/aromatic N) is 2. The molecular formula is C16H20N2O2S. The van der Waals surface area contributed by atoms with Crippen LogP contribution >= 0.6 is 12.2 Å². The molecular weight excluding hydrogens is 284 g/mol. The SMILES string of the molecule is CCn1nccc1OC(=S)c1ccc(C)c(COC)c1C. The summed E-state index contributed by atoms with van der Waals surface area (Å²) in [5.74, 6) is 0.663. The Bertz CT molecular complexity index is 650. The fraction of sp³-hybridized carbons (Fsp3) is 0.375. The first-order valence-corrected chi connectivity index (χ1v) is 7.31. The van der Waals surface area contributed by atoms with Crippen LogP contribution in [0.3, 0.4) is 0 Å². The number of benzene rings is 1. The molecule has 0 aliphatic carbocycles. The van der Waals surface area contributed by atoms with Crippen LogP contribution in [-0.4, -0.2) is 21.9 Å². The zero-order chi connectivity index (χ0) is 15.4. The van der Waals surface area contributed by atoms with Crippen molar-refractivity contribution in [2.24, 2.45) is 0 Å². The number of hydrogen-bond acceptors (Lipinski definition) is 4. The van der Waals surface area contributed by atoms with Gasteiger partial charge in [-0.3, -0.25) is 0 Å². The zero-order valence-electron chi connectivity index (χ0n) is 12.8. The van der Waals surface area contributed by atoms with E-state index in [4.69, 9.17) is 21.7 Å². The molecule has 2 rings (SSSR count). The molecule has 0 bridgehead atoms. The second-order valence-electron chi connectivity index (χ2n) is 4.84. The van der Waals surface area contributed by atoms with Gasteiger partial charge in [0.1, 0.15) is 0 Å². The smallest absolute Gasteiger partial charge is 0.219 e. The van der Waals surface area contributed by atoms with Gasteiger partial charge in [-0.05, 0) is 55.7 Å². The molecule has 0 fully saturated rings. The summed E-state index contributed by atoms with van der Waals surface area (Å²) in [5.41, 5.74) is 4.38. The largest absolute Gasteiger partial charge is 0.427 e. The molecule has 112 valence electrons. The van der Waals surface area contributed by atoms with E-state index in [2.05, 4.69) is 12.0 Å². The highest BCUT2D eigenvalue weighted by Crippen LogP contribution is 2.21. The van der Waals surface area contributed by atoms with Crippen molar-refractivity contribution in [2.45, 2.75) is 33.9 Å². The van der Waals surface area contributed by atoms with Gasteiger partial charge in [0.2, 0.25) is 5.88 Å². The average molecular weight is 304 g/mol. The maximum absolute atomic E-state index is 5.81. The molecule has 0 aliphatic rings. The van der Waals surface area contributed by atoms with Gasteiger partial charge >= 0.3 is 0 Å². The summed E-state index contributed by atoms with van der Waals surface area (Å²) < 4.78 is 12.8. The molecule has 0 atom stereocenters. The van der Waals surface area contributed by atoms with Crippen molar-refractivity contribution in [3.05, 3.63) is 46.6 Å². The van der Waals surface area contributed by atoms with E-state index in [0.29, 0.717) is 17.5 Å². The van der Waals surface area contributed by atoms with Crippen LogP contribution in [0.5, 0.6) is 5.88 Å². The van der Waals surface area contributed by atoms with E-state index in [1.165, 1.54) is 5.56 Å². The van der Waals surface area contributed by atoms with Gasteiger partial charge < -0.3 is 9.47 Å². The highest BCUT2D eigenvalue weighted by molar-refractivity contribution is 7.80. The Kier molecular flexibility index (Phi) is 5.09. The summed E-state index contributed by atoms with van der Waals surface area (Å²) in [6, 6.07) is 5.86. The monoisotopic (exact) mass is 304 g/mol. The first-order valence-electron chi connectivity index (χ1n) is 6.90. The predicted octanol–water partition coefficient (Wildman–Crippen LogP) is 3.42. The first-order chi connectivity index (χ1) is 10.1. The van der Waals surface area contributed by atoms with Crippen molar-refractivity contribution >= 4 is 17.3 Å². The van der Waals surface area contributed by atoms with Crippen LogP contribution < -0.4 is 4.74 Å². The van der Waals surface area contributed by atoms with E-state index in [9.17, 15) is 0 Å². The van der Waals surface area contributed by atoms with E-state index >= 15 is 0 Å². The molecule has 1 aromatic heterocycles. The van der Waals surface area contributed by atoms with Gasteiger partial charge in [0.15, 0.2) is 5.05 Å². The van der Waals surface area contributed by atoms with Crippen molar-refractivity contribution in [3.8, 4) is 5.88 Å². The predicted molar refractivity (Wildman–Crippen MR) is 86.9 cm³/mol. The lowest BCUT2D eigenvalue weighted by molar-refractivity contribution is 0.184. The third-order valence-corrected chi connectivity index (χ3v) is 3.82. The maximum atomic E-state index is 5.81. The Morgan fingerprint density at radius 3 is 2.71 bits per heavy atom. The molecule has 1 aromatic carbocycles. The van der Waals surface area contributed by atoms with Gasteiger partial charge in [0.05, 0.1) is 12.8 Å². The molecule has 0 radical (unpaired) electrons. The van der Waals surface area contributed by atoms with E-state index in [1.807, 2.05) is 32.0 Å². The van der Waals surface area contributed by atoms with Crippen LogP contribution in [0.1, 0.15) is 29.2 Å². The maximum Gasteiger partial charge on any atom is 0.219 e. The number of hydrogen-bond donors (Lipinski definition) is 0. The molecule has 0 saturated heterocycles. The lowest BCUT2D eigenvalue weighted by Crippen LogP contribution is -2.13. The summed E-state index contributed by atoms with van der Waals surface area (Å²) >= 11 is 5.45. The van der Waals surface area contributed by atoms with E-state index < -0.39 is 0 Å². The lowest BCUT2D eigenvalue weighted by atomic mass is 9.98. The van der Waals surface area contributed by atoms with Crippen LogP contribution in [0.2, 0.25) is 0 Å². The number of rotatable bonds is 5. The Morgan fingerprint density at radius 2 is 2.05 bits per heavy atom. The summed E-state index contributed by atoms with van der Waals surface area (Å²) in [6.45, 7) is 7.44. The topological polar surface area (TPSA) is 36.3 Å². The van der Waals surface area contributed by atoms with Crippen LogP contribution in [0.15, 0.2) is 24.4 Å². The van der Waals surface area contributed by atoms with Gasteiger partial charge in [0.25, 0.3) is 0 Å². The summed E-state index contributed by atoms with van der Waals surface area (Å²) in [7, 11) is 1.69. The second kappa shape index (κ2) is 6.83. The second-order valence-corrected chi connectivity index (χ2v) is 5.21. The van der Waals surface area contributed by atoms with Gasteiger partial charge in [-0.15, -0.1) is 0 Å². The minimum absolute atomic E-state index is 0.458. The van der Waals surface area contributed by atoms with E-state index in [0.717, 1.165) is 23.2 Å². The Hall–Kier alpha value is -1.72. The first kappa shape index (κ1) is 15.7. The highest BCUT2D eigenvalue weighted by atomic mass is 32.1. The van der Waals surface area contributed by atoms with Crippen LogP contribution in [-0.2, 0) is 17.9 Å². The number of thiocarbonyl (C=S) groups is 1. The minimum atomic E-state index is 0.458. The Labute approximate surface area is 130 Å². The highest BCUT2D eigenvalue weighted by Gasteiger charge is 2.14. The summed E-state index contributed by atoms with van der Waals surface area (Å²) in [4.78, 5) is 0. The van der Waals surface area contributed by atoms with Crippen molar-refractivity contribution < 1.29 is 9.47 Å². The third-order valence-electron chi connectivity index (χ3n) is 3.52.